The highest BCUT2D eigenvalue weighted by Gasteiger charge is 2.25. The van der Waals surface area contributed by atoms with Crippen LogP contribution in [0.1, 0.15) is 28.8 Å². The molecule has 3 nitrogen and oxygen atoms in total. The van der Waals surface area contributed by atoms with Gasteiger partial charge in [0.05, 0.1) is 0 Å². The van der Waals surface area contributed by atoms with E-state index in [1.807, 2.05) is 18.2 Å². The second-order valence-corrected chi connectivity index (χ2v) is 5.64. The maximum absolute atomic E-state index is 12.4. The number of rotatable bonds is 4. The SMILES string of the molecule is O=C(c1cccnc1)C1CCN(Cc2ccccc2)CC1. The van der Waals surface area contributed by atoms with Crippen LogP contribution in [0.4, 0.5) is 0 Å². The maximum atomic E-state index is 12.4. The molecule has 0 bridgehead atoms. The number of hydrogen-bond acceptors (Lipinski definition) is 3. The zero-order valence-electron chi connectivity index (χ0n) is 12.1. The summed E-state index contributed by atoms with van der Waals surface area (Å²) in [4.78, 5) is 18.9. The molecule has 0 spiro atoms. The van der Waals surface area contributed by atoms with Crippen LogP contribution in [0.2, 0.25) is 0 Å². The first kappa shape index (κ1) is 14.0. The minimum absolute atomic E-state index is 0.154. The first-order valence-electron chi connectivity index (χ1n) is 7.53. The summed E-state index contributed by atoms with van der Waals surface area (Å²) in [5.74, 6) is 0.406. The lowest BCUT2D eigenvalue weighted by atomic mass is 9.89. The van der Waals surface area contributed by atoms with E-state index in [0.29, 0.717) is 0 Å². The minimum atomic E-state index is 0.154. The average Bonchev–Trinajstić information content (AvgIpc) is 2.57. The van der Waals surface area contributed by atoms with Crippen LogP contribution in [0.3, 0.4) is 0 Å². The van der Waals surface area contributed by atoms with Gasteiger partial charge in [0, 0.05) is 30.4 Å². The molecule has 1 aliphatic heterocycles. The molecule has 2 aromatic rings. The van der Waals surface area contributed by atoms with Gasteiger partial charge in [0.25, 0.3) is 0 Å². The van der Waals surface area contributed by atoms with Crippen LogP contribution < -0.4 is 0 Å². The molecule has 1 aliphatic rings. The van der Waals surface area contributed by atoms with E-state index in [1.54, 1.807) is 12.4 Å². The van der Waals surface area contributed by atoms with E-state index >= 15 is 0 Å². The zero-order valence-corrected chi connectivity index (χ0v) is 12.1. The number of piperidine rings is 1. The molecule has 3 heteroatoms. The average molecular weight is 280 g/mol. The summed E-state index contributed by atoms with van der Waals surface area (Å²) in [6.45, 7) is 2.96. The number of hydrogen-bond donors (Lipinski definition) is 0. The van der Waals surface area contributed by atoms with Crippen molar-refractivity contribution in [1.82, 2.24) is 9.88 Å². The Morgan fingerprint density at radius 1 is 1.10 bits per heavy atom. The van der Waals surface area contributed by atoms with Crippen molar-refractivity contribution in [3.63, 3.8) is 0 Å². The number of nitrogens with zero attached hydrogens (tertiary/aromatic N) is 2. The second kappa shape index (κ2) is 6.64. The van der Waals surface area contributed by atoms with E-state index < -0.39 is 0 Å². The summed E-state index contributed by atoms with van der Waals surface area (Å²) in [7, 11) is 0. The predicted octanol–water partition coefficient (Wildman–Crippen LogP) is 3.18. The number of benzene rings is 1. The third kappa shape index (κ3) is 3.56. The molecule has 1 aromatic carbocycles. The van der Waals surface area contributed by atoms with E-state index in [-0.39, 0.29) is 11.7 Å². The molecule has 0 saturated carbocycles. The Labute approximate surface area is 125 Å². The first-order valence-corrected chi connectivity index (χ1v) is 7.53. The van der Waals surface area contributed by atoms with Gasteiger partial charge in [-0.1, -0.05) is 30.3 Å². The summed E-state index contributed by atoms with van der Waals surface area (Å²) >= 11 is 0. The summed E-state index contributed by atoms with van der Waals surface area (Å²) in [6, 6.07) is 14.2. The largest absolute Gasteiger partial charge is 0.299 e. The Bertz CT molecular complexity index is 575. The third-order valence-electron chi connectivity index (χ3n) is 4.15. The van der Waals surface area contributed by atoms with Crippen LogP contribution in [0.5, 0.6) is 0 Å². The molecule has 3 rings (SSSR count). The van der Waals surface area contributed by atoms with E-state index in [4.69, 9.17) is 0 Å². The van der Waals surface area contributed by atoms with Crippen LogP contribution in [0.15, 0.2) is 54.9 Å². The molecule has 1 aromatic heterocycles. The van der Waals surface area contributed by atoms with Gasteiger partial charge >= 0.3 is 0 Å². The van der Waals surface area contributed by atoms with Crippen molar-refractivity contribution in [2.24, 2.45) is 5.92 Å². The Hall–Kier alpha value is -2.00. The summed E-state index contributed by atoms with van der Waals surface area (Å²) < 4.78 is 0. The standard InChI is InChI=1S/C18H20N2O/c21-18(17-7-4-10-19-13-17)16-8-11-20(12-9-16)14-15-5-2-1-3-6-15/h1-7,10,13,16H,8-9,11-12,14H2. The lowest BCUT2D eigenvalue weighted by Crippen LogP contribution is -2.35. The van der Waals surface area contributed by atoms with Crippen LogP contribution in [0, 0.1) is 5.92 Å². The zero-order chi connectivity index (χ0) is 14.5. The van der Waals surface area contributed by atoms with E-state index in [0.717, 1.165) is 38.0 Å². The molecule has 21 heavy (non-hydrogen) atoms. The van der Waals surface area contributed by atoms with Gasteiger partial charge in [-0.15, -0.1) is 0 Å². The molecule has 0 aliphatic carbocycles. The number of ketones is 1. The molecule has 2 heterocycles. The van der Waals surface area contributed by atoms with Crippen LogP contribution in [0.25, 0.3) is 0 Å². The Kier molecular flexibility index (Phi) is 4.41. The van der Waals surface area contributed by atoms with Gasteiger partial charge in [0.2, 0.25) is 0 Å². The number of Topliss-reactive ketones (excluding diaryl/α,β-unsaturated/α-hetero) is 1. The fourth-order valence-corrected chi connectivity index (χ4v) is 2.94. The smallest absolute Gasteiger partial charge is 0.167 e. The topological polar surface area (TPSA) is 33.2 Å². The molecular formula is C18H20N2O. The molecule has 1 fully saturated rings. The molecule has 0 atom stereocenters. The molecule has 0 unspecified atom stereocenters. The van der Waals surface area contributed by atoms with Crippen molar-refractivity contribution in [2.75, 3.05) is 13.1 Å². The van der Waals surface area contributed by atoms with Crippen molar-refractivity contribution < 1.29 is 4.79 Å². The number of pyridine rings is 1. The van der Waals surface area contributed by atoms with Crippen LogP contribution in [-0.4, -0.2) is 28.8 Å². The van der Waals surface area contributed by atoms with Crippen molar-refractivity contribution in [3.8, 4) is 0 Å². The second-order valence-electron chi connectivity index (χ2n) is 5.64. The van der Waals surface area contributed by atoms with Gasteiger partial charge in [-0.3, -0.25) is 14.7 Å². The Morgan fingerprint density at radius 2 is 1.86 bits per heavy atom. The molecular weight excluding hydrogens is 260 g/mol. The van der Waals surface area contributed by atoms with Crippen LogP contribution in [-0.2, 0) is 6.54 Å². The van der Waals surface area contributed by atoms with Gasteiger partial charge < -0.3 is 0 Å². The lowest BCUT2D eigenvalue weighted by molar-refractivity contribution is 0.0834. The van der Waals surface area contributed by atoms with Crippen molar-refractivity contribution in [3.05, 3.63) is 66.0 Å². The van der Waals surface area contributed by atoms with E-state index in [2.05, 4.69) is 34.1 Å². The van der Waals surface area contributed by atoms with E-state index in [9.17, 15) is 4.79 Å². The van der Waals surface area contributed by atoms with Crippen molar-refractivity contribution in [1.29, 1.82) is 0 Å². The Morgan fingerprint density at radius 3 is 2.52 bits per heavy atom. The number of carbonyl (C=O) groups excluding carboxylic acids is 1. The van der Waals surface area contributed by atoms with E-state index in [1.165, 1.54) is 5.56 Å². The summed E-state index contributed by atoms with van der Waals surface area (Å²) in [5, 5.41) is 0. The van der Waals surface area contributed by atoms with Gasteiger partial charge in [-0.05, 0) is 43.6 Å². The maximum Gasteiger partial charge on any atom is 0.167 e. The molecule has 1 saturated heterocycles. The fourth-order valence-electron chi connectivity index (χ4n) is 2.94. The Balaban J connectivity index is 1.54. The number of likely N-dealkylation sites (tertiary alicyclic amines) is 1. The van der Waals surface area contributed by atoms with Gasteiger partial charge in [0.1, 0.15) is 0 Å². The predicted molar refractivity (Wildman–Crippen MR) is 83.0 cm³/mol. The fraction of sp³-hybridized carbons (Fsp3) is 0.333. The number of carbonyl (C=O) groups is 1. The molecule has 0 radical (unpaired) electrons. The third-order valence-corrected chi connectivity index (χ3v) is 4.15. The summed E-state index contributed by atoms with van der Waals surface area (Å²) in [6.07, 6.45) is 5.28. The van der Waals surface area contributed by atoms with Crippen molar-refractivity contribution >= 4 is 5.78 Å². The normalized spacial score (nSPS) is 16.8. The molecule has 0 amide bonds. The molecule has 108 valence electrons. The van der Waals surface area contributed by atoms with Gasteiger partial charge in [0.15, 0.2) is 5.78 Å². The quantitative estimate of drug-likeness (QED) is 0.807. The minimum Gasteiger partial charge on any atom is -0.299 e. The van der Waals surface area contributed by atoms with Crippen molar-refractivity contribution in [2.45, 2.75) is 19.4 Å². The first-order chi connectivity index (χ1) is 10.3. The van der Waals surface area contributed by atoms with Gasteiger partial charge in [-0.2, -0.15) is 0 Å². The van der Waals surface area contributed by atoms with Gasteiger partial charge in [-0.25, -0.2) is 0 Å². The highest BCUT2D eigenvalue weighted by Crippen LogP contribution is 2.22. The highest BCUT2D eigenvalue weighted by atomic mass is 16.1. The monoisotopic (exact) mass is 280 g/mol. The highest BCUT2D eigenvalue weighted by molar-refractivity contribution is 5.97. The number of aromatic nitrogens is 1. The molecule has 0 N–H and O–H groups in total. The van der Waals surface area contributed by atoms with Crippen LogP contribution >= 0.6 is 0 Å². The summed E-state index contributed by atoms with van der Waals surface area (Å²) in [5.41, 5.74) is 2.09. The lowest BCUT2D eigenvalue weighted by Gasteiger charge is -2.31.